The number of piperidine rings is 1. The molecule has 0 saturated carbocycles. The molecule has 0 amide bonds. The third-order valence-corrected chi connectivity index (χ3v) is 3.27. The molecule has 18 heavy (non-hydrogen) atoms. The van der Waals surface area contributed by atoms with Gasteiger partial charge in [0.05, 0.1) is 33.0 Å². The van der Waals surface area contributed by atoms with Crippen molar-refractivity contribution in [2.75, 3.05) is 66.8 Å². The Morgan fingerprint density at radius 3 is 2.56 bits per heavy atom. The maximum atomic E-state index is 5.56. The Labute approximate surface area is 111 Å². The normalized spacial score (nSPS) is 21.3. The van der Waals surface area contributed by atoms with Crippen LogP contribution in [-0.4, -0.2) is 77.8 Å². The molecule has 0 radical (unpaired) electrons. The molecule has 0 aromatic carbocycles. The highest BCUT2D eigenvalue weighted by Crippen LogP contribution is 2.08. The lowest BCUT2D eigenvalue weighted by Gasteiger charge is -2.32. The summed E-state index contributed by atoms with van der Waals surface area (Å²) < 4.78 is 15.8. The van der Waals surface area contributed by atoms with E-state index in [1.807, 2.05) is 7.05 Å². The fourth-order valence-corrected chi connectivity index (χ4v) is 2.15. The van der Waals surface area contributed by atoms with Crippen LogP contribution in [0.4, 0.5) is 0 Å². The topological polar surface area (TPSA) is 43.0 Å². The minimum absolute atomic E-state index is 0.649. The van der Waals surface area contributed by atoms with Gasteiger partial charge >= 0.3 is 0 Å². The van der Waals surface area contributed by atoms with Crippen molar-refractivity contribution in [2.24, 2.45) is 0 Å². The van der Waals surface area contributed by atoms with Gasteiger partial charge in [-0.05, 0) is 26.4 Å². The van der Waals surface area contributed by atoms with Crippen LogP contribution in [0.2, 0.25) is 0 Å². The molecule has 108 valence electrons. The van der Waals surface area contributed by atoms with Crippen molar-refractivity contribution in [1.82, 2.24) is 10.2 Å². The number of methoxy groups -OCH3 is 1. The first-order valence-corrected chi connectivity index (χ1v) is 6.91. The molecule has 5 heteroatoms. The lowest BCUT2D eigenvalue weighted by atomic mass is 10.1. The minimum Gasteiger partial charge on any atom is -0.382 e. The highest BCUT2D eigenvalue weighted by Gasteiger charge is 2.17. The minimum atomic E-state index is 0.649. The molecule has 1 aliphatic rings. The van der Waals surface area contributed by atoms with Gasteiger partial charge in [-0.3, -0.25) is 4.90 Å². The van der Waals surface area contributed by atoms with E-state index in [-0.39, 0.29) is 0 Å². The number of nitrogens with zero attached hydrogens (tertiary/aromatic N) is 1. The summed E-state index contributed by atoms with van der Waals surface area (Å²) in [5.41, 5.74) is 0. The van der Waals surface area contributed by atoms with Gasteiger partial charge in [-0.2, -0.15) is 0 Å². The fraction of sp³-hybridized carbons (Fsp3) is 1.00. The molecule has 1 heterocycles. The average Bonchev–Trinajstić information content (AvgIpc) is 2.42. The highest BCUT2D eigenvalue weighted by atomic mass is 16.5. The zero-order valence-corrected chi connectivity index (χ0v) is 11.8. The predicted molar refractivity (Wildman–Crippen MR) is 72.0 cm³/mol. The lowest BCUT2D eigenvalue weighted by Crippen LogP contribution is -2.45. The number of hydrogen-bond acceptors (Lipinski definition) is 5. The van der Waals surface area contributed by atoms with Crippen molar-refractivity contribution in [3.8, 4) is 0 Å². The lowest BCUT2D eigenvalue weighted by molar-refractivity contribution is 0.0176. The molecule has 1 aliphatic heterocycles. The third-order valence-electron chi connectivity index (χ3n) is 3.27. The van der Waals surface area contributed by atoms with Crippen LogP contribution in [0.1, 0.15) is 12.8 Å². The second-order valence-electron chi connectivity index (χ2n) is 4.65. The Kier molecular flexibility index (Phi) is 9.42. The van der Waals surface area contributed by atoms with Crippen LogP contribution in [0.5, 0.6) is 0 Å². The largest absolute Gasteiger partial charge is 0.382 e. The van der Waals surface area contributed by atoms with E-state index in [9.17, 15) is 0 Å². The molecule has 1 atom stereocenters. The van der Waals surface area contributed by atoms with Gasteiger partial charge in [0.1, 0.15) is 0 Å². The van der Waals surface area contributed by atoms with Gasteiger partial charge in [0.25, 0.3) is 0 Å². The van der Waals surface area contributed by atoms with Crippen molar-refractivity contribution in [3.63, 3.8) is 0 Å². The first kappa shape index (κ1) is 15.9. The number of nitrogens with one attached hydrogen (secondary N) is 1. The number of rotatable bonds is 10. The van der Waals surface area contributed by atoms with Crippen LogP contribution >= 0.6 is 0 Å². The maximum Gasteiger partial charge on any atom is 0.0701 e. The number of likely N-dealkylation sites (N-methyl/N-ethyl adjacent to an activating group) is 1. The van der Waals surface area contributed by atoms with Crippen LogP contribution < -0.4 is 5.32 Å². The Morgan fingerprint density at radius 1 is 1.11 bits per heavy atom. The molecule has 1 fully saturated rings. The van der Waals surface area contributed by atoms with Crippen molar-refractivity contribution in [2.45, 2.75) is 18.9 Å². The molecular weight excluding hydrogens is 232 g/mol. The van der Waals surface area contributed by atoms with Crippen molar-refractivity contribution >= 4 is 0 Å². The molecule has 0 spiro atoms. The molecule has 0 aromatic heterocycles. The van der Waals surface area contributed by atoms with Gasteiger partial charge < -0.3 is 19.5 Å². The SMILES string of the molecule is CNC1CCCN(CCOCCOCCOC)C1. The molecule has 0 aromatic rings. The van der Waals surface area contributed by atoms with Crippen LogP contribution in [0.15, 0.2) is 0 Å². The summed E-state index contributed by atoms with van der Waals surface area (Å²) in [6, 6.07) is 0.649. The summed E-state index contributed by atoms with van der Waals surface area (Å²) in [5, 5.41) is 3.35. The van der Waals surface area contributed by atoms with Crippen LogP contribution in [0, 0.1) is 0 Å². The summed E-state index contributed by atoms with van der Waals surface area (Å²) in [5.74, 6) is 0. The zero-order chi connectivity index (χ0) is 13.1. The van der Waals surface area contributed by atoms with E-state index >= 15 is 0 Å². The Morgan fingerprint density at radius 2 is 1.83 bits per heavy atom. The first-order chi connectivity index (χ1) is 8.86. The van der Waals surface area contributed by atoms with Crippen LogP contribution in [-0.2, 0) is 14.2 Å². The standard InChI is InChI=1S/C13H28N2O3/c1-14-13-4-3-5-15(12-13)6-7-17-10-11-18-9-8-16-2/h13-14H,3-12H2,1-2H3. The number of likely N-dealkylation sites (tertiary alicyclic amines) is 1. The van der Waals surface area contributed by atoms with E-state index in [1.54, 1.807) is 7.11 Å². The van der Waals surface area contributed by atoms with E-state index < -0.39 is 0 Å². The van der Waals surface area contributed by atoms with Crippen molar-refractivity contribution in [1.29, 1.82) is 0 Å². The van der Waals surface area contributed by atoms with Crippen molar-refractivity contribution in [3.05, 3.63) is 0 Å². The van der Waals surface area contributed by atoms with Gasteiger partial charge in [-0.15, -0.1) is 0 Å². The quantitative estimate of drug-likeness (QED) is 0.574. The zero-order valence-electron chi connectivity index (χ0n) is 11.8. The van der Waals surface area contributed by atoms with E-state index in [0.29, 0.717) is 32.5 Å². The fourth-order valence-electron chi connectivity index (χ4n) is 2.15. The summed E-state index contributed by atoms with van der Waals surface area (Å²) in [7, 11) is 3.72. The van der Waals surface area contributed by atoms with Gasteiger partial charge in [0.15, 0.2) is 0 Å². The molecule has 1 saturated heterocycles. The summed E-state index contributed by atoms with van der Waals surface area (Å²) in [6.45, 7) is 6.79. The second kappa shape index (κ2) is 10.7. The Bertz CT molecular complexity index is 193. The number of ether oxygens (including phenoxy) is 3. The Balaban J connectivity index is 1.88. The van der Waals surface area contributed by atoms with E-state index in [0.717, 1.165) is 19.7 Å². The van der Waals surface area contributed by atoms with E-state index in [2.05, 4.69) is 10.2 Å². The summed E-state index contributed by atoms with van der Waals surface area (Å²) in [4.78, 5) is 2.47. The van der Waals surface area contributed by atoms with Gasteiger partial charge in [0.2, 0.25) is 0 Å². The number of hydrogen-bond donors (Lipinski definition) is 1. The van der Waals surface area contributed by atoms with E-state index in [4.69, 9.17) is 14.2 Å². The first-order valence-electron chi connectivity index (χ1n) is 6.91. The Hall–Kier alpha value is -0.200. The maximum absolute atomic E-state index is 5.56. The van der Waals surface area contributed by atoms with Gasteiger partial charge in [0, 0.05) is 26.2 Å². The highest BCUT2D eigenvalue weighted by molar-refractivity contribution is 4.76. The molecule has 1 N–H and O–H groups in total. The van der Waals surface area contributed by atoms with Crippen LogP contribution in [0.3, 0.4) is 0 Å². The molecule has 5 nitrogen and oxygen atoms in total. The second-order valence-corrected chi connectivity index (χ2v) is 4.65. The summed E-state index contributed by atoms with van der Waals surface area (Å²) >= 11 is 0. The van der Waals surface area contributed by atoms with Gasteiger partial charge in [-0.1, -0.05) is 0 Å². The van der Waals surface area contributed by atoms with Crippen molar-refractivity contribution < 1.29 is 14.2 Å². The molecule has 0 aliphatic carbocycles. The van der Waals surface area contributed by atoms with Gasteiger partial charge in [-0.25, -0.2) is 0 Å². The molecule has 1 unspecified atom stereocenters. The predicted octanol–water partition coefficient (Wildman–Crippen LogP) is 0.350. The third kappa shape index (κ3) is 7.28. The smallest absolute Gasteiger partial charge is 0.0701 e. The van der Waals surface area contributed by atoms with E-state index in [1.165, 1.54) is 19.4 Å². The average molecular weight is 260 g/mol. The summed E-state index contributed by atoms with van der Waals surface area (Å²) in [6.07, 6.45) is 2.58. The van der Waals surface area contributed by atoms with Crippen LogP contribution in [0.25, 0.3) is 0 Å². The molecule has 0 bridgehead atoms. The monoisotopic (exact) mass is 260 g/mol. The molecule has 1 rings (SSSR count). The molecular formula is C13H28N2O3.